The summed E-state index contributed by atoms with van der Waals surface area (Å²) in [5.74, 6) is -1.30. The molecule has 1 N–H and O–H groups in total. The van der Waals surface area contributed by atoms with E-state index in [1.807, 2.05) is 32.0 Å². The van der Waals surface area contributed by atoms with E-state index >= 15 is 0 Å². The third-order valence-corrected chi connectivity index (χ3v) is 3.04. The summed E-state index contributed by atoms with van der Waals surface area (Å²) < 4.78 is 0. The Morgan fingerprint density at radius 1 is 1.30 bits per heavy atom. The number of amides is 1. The van der Waals surface area contributed by atoms with Crippen LogP contribution in [-0.4, -0.2) is 34.5 Å². The van der Waals surface area contributed by atoms with Gasteiger partial charge in [-0.15, -0.1) is 0 Å². The molecule has 1 rings (SSSR count). The minimum atomic E-state index is -1.01. The van der Waals surface area contributed by atoms with E-state index in [0.29, 0.717) is 0 Å². The van der Waals surface area contributed by atoms with Crippen molar-refractivity contribution in [3.8, 4) is 0 Å². The van der Waals surface area contributed by atoms with E-state index in [2.05, 4.69) is 0 Å². The molecule has 1 aromatic rings. The van der Waals surface area contributed by atoms with Crippen molar-refractivity contribution in [3.63, 3.8) is 0 Å². The molecule has 1 aromatic carbocycles. The average Bonchev–Trinajstić information content (AvgIpc) is 2.34. The molecule has 0 fully saturated rings. The Labute approximate surface area is 119 Å². The Morgan fingerprint density at radius 3 is 2.45 bits per heavy atom. The van der Waals surface area contributed by atoms with Crippen LogP contribution >= 0.6 is 0 Å². The molecule has 0 saturated heterocycles. The maximum absolute atomic E-state index is 12.0. The average molecular weight is 275 g/mol. The Hall–Kier alpha value is -2.10. The highest BCUT2D eigenvalue weighted by Crippen LogP contribution is 2.12. The minimum Gasteiger partial charge on any atom is -0.480 e. The molecule has 0 unspecified atom stereocenters. The zero-order valence-corrected chi connectivity index (χ0v) is 12.4. The predicted octanol–water partition coefficient (Wildman–Crippen LogP) is 2.64. The molecule has 0 radical (unpaired) electrons. The molecule has 0 aliphatic heterocycles. The van der Waals surface area contributed by atoms with Gasteiger partial charge in [-0.2, -0.15) is 0 Å². The van der Waals surface area contributed by atoms with Gasteiger partial charge in [0.15, 0.2) is 0 Å². The molecule has 0 atom stereocenters. The van der Waals surface area contributed by atoms with Crippen molar-refractivity contribution >= 4 is 18.0 Å². The van der Waals surface area contributed by atoms with Crippen LogP contribution < -0.4 is 0 Å². The lowest BCUT2D eigenvalue weighted by Crippen LogP contribution is -2.39. The zero-order chi connectivity index (χ0) is 15.3. The number of carbonyl (C=O) groups is 2. The quantitative estimate of drug-likeness (QED) is 0.840. The van der Waals surface area contributed by atoms with Crippen LogP contribution in [0.3, 0.4) is 0 Å². The fourth-order valence-electron chi connectivity index (χ4n) is 1.93. The van der Waals surface area contributed by atoms with Gasteiger partial charge in [0.25, 0.3) is 0 Å². The first-order valence-corrected chi connectivity index (χ1v) is 6.59. The van der Waals surface area contributed by atoms with Gasteiger partial charge in [-0.05, 0) is 44.9 Å². The number of carbonyl (C=O) groups excluding carboxylic acids is 1. The van der Waals surface area contributed by atoms with E-state index in [1.165, 1.54) is 16.5 Å². The smallest absolute Gasteiger partial charge is 0.323 e. The second-order valence-electron chi connectivity index (χ2n) is 5.15. The van der Waals surface area contributed by atoms with Gasteiger partial charge < -0.3 is 10.0 Å². The highest BCUT2D eigenvalue weighted by atomic mass is 16.4. The predicted molar refractivity (Wildman–Crippen MR) is 79.4 cm³/mol. The molecule has 4 nitrogen and oxygen atoms in total. The molecular formula is C16H21NO3. The van der Waals surface area contributed by atoms with Crippen LogP contribution in [0.2, 0.25) is 0 Å². The molecule has 0 aliphatic carbocycles. The summed E-state index contributed by atoms with van der Waals surface area (Å²) >= 11 is 0. The van der Waals surface area contributed by atoms with Crippen molar-refractivity contribution in [3.05, 3.63) is 41.0 Å². The second kappa shape index (κ2) is 6.89. The van der Waals surface area contributed by atoms with Gasteiger partial charge in [0.1, 0.15) is 6.54 Å². The summed E-state index contributed by atoms with van der Waals surface area (Å²) in [4.78, 5) is 24.1. The molecule has 20 heavy (non-hydrogen) atoms. The molecule has 4 heteroatoms. The second-order valence-corrected chi connectivity index (χ2v) is 5.15. The third kappa shape index (κ3) is 4.53. The van der Waals surface area contributed by atoms with Crippen molar-refractivity contribution in [1.82, 2.24) is 4.90 Å². The first-order valence-electron chi connectivity index (χ1n) is 6.59. The van der Waals surface area contributed by atoms with Crippen LogP contribution in [0.25, 0.3) is 6.08 Å². The summed E-state index contributed by atoms with van der Waals surface area (Å²) in [5, 5.41) is 8.82. The molecule has 0 spiro atoms. The minimum absolute atomic E-state index is 0.151. The van der Waals surface area contributed by atoms with E-state index in [1.54, 1.807) is 19.9 Å². The topological polar surface area (TPSA) is 57.6 Å². The van der Waals surface area contributed by atoms with Gasteiger partial charge in [-0.1, -0.05) is 23.8 Å². The van der Waals surface area contributed by atoms with E-state index in [4.69, 9.17) is 5.11 Å². The number of hydrogen-bond donors (Lipinski definition) is 1. The summed E-state index contributed by atoms with van der Waals surface area (Å²) in [5.41, 5.74) is 3.21. The summed E-state index contributed by atoms with van der Waals surface area (Å²) in [6.45, 7) is 7.30. The van der Waals surface area contributed by atoms with Crippen LogP contribution in [0.1, 0.15) is 30.5 Å². The van der Waals surface area contributed by atoms with E-state index in [0.717, 1.165) is 11.1 Å². The van der Waals surface area contributed by atoms with Gasteiger partial charge in [0.2, 0.25) is 5.91 Å². The molecule has 1 amide bonds. The molecule has 0 aliphatic rings. The molecule has 0 saturated carbocycles. The van der Waals surface area contributed by atoms with Crippen LogP contribution in [0.15, 0.2) is 24.3 Å². The van der Waals surface area contributed by atoms with Crippen molar-refractivity contribution in [2.75, 3.05) is 6.54 Å². The maximum atomic E-state index is 12.0. The van der Waals surface area contributed by atoms with Gasteiger partial charge in [-0.25, -0.2) is 0 Å². The third-order valence-electron chi connectivity index (χ3n) is 3.04. The zero-order valence-electron chi connectivity index (χ0n) is 12.4. The lowest BCUT2D eigenvalue weighted by atomic mass is 10.1. The Bertz CT molecular complexity index is 533. The fourth-order valence-corrected chi connectivity index (χ4v) is 1.93. The number of aryl methyl sites for hydroxylation is 2. The fraction of sp³-hybridized carbons (Fsp3) is 0.375. The Kier molecular flexibility index (Phi) is 5.50. The Balaban J connectivity index is 2.86. The molecule has 0 heterocycles. The van der Waals surface area contributed by atoms with Crippen molar-refractivity contribution in [2.45, 2.75) is 33.7 Å². The number of benzene rings is 1. The van der Waals surface area contributed by atoms with Gasteiger partial charge in [0, 0.05) is 12.1 Å². The van der Waals surface area contributed by atoms with E-state index in [9.17, 15) is 9.59 Å². The highest BCUT2D eigenvalue weighted by Gasteiger charge is 2.17. The normalized spacial score (nSPS) is 11.1. The lowest BCUT2D eigenvalue weighted by molar-refractivity contribution is -0.143. The van der Waals surface area contributed by atoms with Gasteiger partial charge in [0.05, 0.1) is 0 Å². The highest BCUT2D eigenvalue weighted by molar-refractivity contribution is 5.93. The summed E-state index contributed by atoms with van der Waals surface area (Å²) in [7, 11) is 0. The van der Waals surface area contributed by atoms with E-state index in [-0.39, 0.29) is 18.5 Å². The van der Waals surface area contributed by atoms with Crippen molar-refractivity contribution in [2.24, 2.45) is 0 Å². The number of rotatable bonds is 5. The SMILES string of the molecule is Cc1ccc(/C=C/C(=O)N(CC(=O)O)C(C)C)c(C)c1. The molecule has 0 aromatic heterocycles. The monoisotopic (exact) mass is 275 g/mol. The first-order chi connectivity index (χ1) is 9.31. The van der Waals surface area contributed by atoms with Crippen LogP contribution in [0.4, 0.5) is 0 Å². The largest absolute Gasteiger partial charge is 0.480 e. The van der Waals surface area contributed by atoms with Crippen molar-refractivity contribution < 1.29 is 14.7 Å². The van der Waals surface area contributed by atoms with Crippen LogP contribution in [0, 0.1) is 13.8 Å². The lowest BCUT2D eigenvalue weighted by Gasteiger charge is -2.23. The molecular weight excluding hydrogens is 254 g/mol. The number of carboxylic acids is 1. The molecule has 108 valence electrons. The van der Waals surface area contributed by atoms with Crippen LogP contribution in [0.5, 0.6) is 0 Å². The maximum Gasteiger partial charge on any atom is 0.323 e. The number of hydrogen-bond acceptors (Lipinski definition) is 2. The summed E-state index contributed by atoms with van der Waals surface area (Å²) in [6.07, 6.45) is 3.16. The van der Waals surface area contributed by atoms with Gasteiger partial charge in [-0.3, -0.25) is 9.59 Å². The molecule has 0 bridgehead atoms. The number of nitrogens with zero attached hydrogens (tertiary/aromatic N) is 1. The first kappa shape index (κ1) is 16.0. The van der Waals surface area contributed by atoms with Crippen molar-refractivity contribution in [1.29, 1.82) is 0 Å². The van der Waals surface area contributed by atoms with Gasteiger partial charge >= 0.3 is 5.97 Å². The summed E-state index contributed by atoms with van der Waals surface area (Å²) in [6, 6.07) is 5.82. The number of carboxylic acid groups (broad SMARTS) is 1. The standard InChI is InChI=1S/C16H21NO3/c1-11(2)17(10-16(19)20)15(18)8-7-14-6-5-12(3)9-13(14)4/h5-9,11H,10H2,1-4H3,(H,19,20)/b8-7+. The Morgan fingerprint density at radius 2 is 1.95 bits per heavy atom. The van der Waals surface area contributed by atoms with E-state index < -0.39 is 5.97 Å². The van der Waals surface area contributed by atoms with Crippen LogP contribution in [-0.2, 0) is 9.59 Å². The number of aliphatic carboxylic acids is 1.